The minimum absolute atomic E-state index is 0.400. The lowest BCUT2D eigenvalue weighted by Gasteiger charge is -2.20. The number of nitrogens with zero attached hydrogens (tertiary/aromatic N) is 2. The van der Waals surface area contributed by atoms with Crippen LogP contribution in [0.25, 0.3) is 21.8 Å². The van der Waals surface area contributed by atoms with Crippen LogP contribution in [0, 0.1) is 5.82 Å². The Balaban J connectivity index is 1.93. The van der Waals surface area contributed by atoms with E-state index in [1.165, 1.54) is 30.0 Å². The highest BCUT2D eigenvalue weighted by molar-refractivity contribution is 6.12. The van der Waals surface area contributed by atoms with Gasteiger partial charge in [-0.15, -0.1) is 0 Å². The number of hydrogen-bond donors (Lipinski definition) is 1. The molecule has 160 valence electrons. The summed E-state index contributed by atoms with van der Waals surface area (Å²) < 4.78 is 26.3. The van der Waals surface area contributed by atoms with Crippen molar-refractivity contribution in [2.45, 2.75) is 32.5 Å². The average Bonchev–Trinajstić information content (AvgIpc) is 3.04. The van der Waals surface area contributed by atoms with E-state index in [4.69, 9.17) is 9.47 Å². The van der Waals surface area contributed by atoms with Gasteiger partial charge in [0.1, 0.15) is 23.3 Å². The van der Waals surface area contributed by atoms with E-state index in [9.17, 15) is 14.3 Å². The Labute approximate surface area is 178 Å². The number of benzene rings is 2. The van der Waals surface area contributed by atoms with E-state index in [-0.39, 0.29) is 0 Å². The van der Waals surface area contributed by atoms with Gasteiger partial charge in [0, 0.05) is 22.5 Å². The summed E-state index contributed by atoms with van der Waals surface area (Å²) in [7, 11) is 1.51. The number of carbonyl (C=O) groups excluding carboxylic acids is 1. The highest BCUT2D eigenvalue weighted by atomic mass is 19.1. The molecule has 0 radical (unpaired) electrons. The van der Waals surface area contributed by atoms with Crippen molar-refractivity contribution in [1.82, 2.24) is 9.55 Å². The molecule has 0 saturated heterocycles. The lowest BCUT2D eigenvalue weighted by molar-refractivity contribution is 0.0551. The van der Waals surface area contributed by atoms with E-state index in [1.807, 2.05) is 6.07 Å². The predicted molar refractivity (Wildman–Crippen MR) is 116 cm³/mol. The topological polar surface area (TPSA) is 73.6 Å². The third-order valence-corrected chi connectivity index (χ3v) is 4.98. The van der Waals surface area contributed by atoms with Gasteiger partial charge in [0.2, 0.25) is 0 Å². The van der Waals surface area contributed by atoms with Crippen molar-refractivity contribution >= 4 is 27.9 Å². The van der Waals surface area contributed by atoms with Crippen molar-refractivity contribution in [2.75, 3.05) is 7.11 Å². The first kappa shape index (κ1) is 20.8. The maximum Gasteiger partial charge on any atom is 0.419 e. The molecule has 4 rings (SSSR count). The number of aliphatic hydroxyl groups excluding tert-OH is 1. The molecule has 0 fully saturated rings. The van der Waals surface area contributed by atoms with Gasteiger partial charge in [0.05, 0.1) is 24.3 Å². The number of aromatic nitrogens is 2. The van der Waals surface area contributed by atoms with Crippen LogP contribution < -0.4 is 4.74 Å². The van der Waals surface area contributed by atoms with Crippen LogP contribution in [-0.4, -0.2) is 33.5 Å². The Bertz CT molecular complexity index is 1290. The molecule has 2 aromatic heterocycles. The summed E-state index contributed by atoms with van der Waals surface area (Å²) in [6, 6.07) is 11.3. The second kappa shape index (κ2) is 7.67. The van der Waals surface area contributed by atoms with Gasteiger partial charge in [-0.25, -0.2) is 13.8 Å². The maximum atomic E-state index is 14.0. The van der Waals surface area contributed by atoms with Crippen LogP contribution in [0.5, 0.6) is 5.75 Å². The minimum atomic E-state index is -1.01. The van der Waals surface area contributed by atoms with E-state index < -0.39 is 23.6 Å². The summed E-state index contributed by atoms with van der Waals surface area (Å²) in [5, 5.41) is 12.5. The van der Waals surface area contributed by atoms with Gasteiger partial charge < -0.3 is 14.6 Å². The zero-order valence-corrected chi connectivity index (χ0v) is 17.7. The van der Waals surface area contributed by atoms with Crippen molar-refractivity contribution < 1.29 is 23.8 Å². The third-order valence-electron chi connectivity index (χ3n) is 4.98. The monoisotopic (exact) mass is 422 g/mol. The molecule has 0 aliphatic rings. The largest absolute Gasteiger partial charge is 0.495 e. The van der Waals surface area contributed by atoms with Crippen molar-refractivity contribution in [1.29, 1.82) is 0 Å². The van der Waals surface area contributed by atoms with Gasteiger partial charge in [-0.3, -0.25) is 4.98 Å². The van der Waals surface area contributed by atoms with Crippen LogP contribution >= 0.6 is 0 Å². The summed E-state index contributed by atoms with van der Waals surface area (Å²) in [6.45, 7) is 5.30. The molecule has 7 heteroatoms. The Morgan fingerprint density at radius 1 is 1.10 bits per heavy atom. The van der Waals surface area contributed by atoms with E-state index in [0.717, 1.165) is 5.39 Å². The summed E-state index contributed by atoms with van der Waals surface area (Å²) in [5.41, 5.74) is 1.28. The highest BCUT2D eigenvalue weighted by Gasteiger charge is 2.24. The van der Waals surface area contributed by atoms with Crippen molar-refractivity contribution in [3.8, 4) is 5.75 Å². The van der Waals surface area contributed by atoms with Gasteiger partial charge >= 0.3 is 6.09 Å². The highest BCUT2D eigenvalue weighted by Crippen LogP contribution is 2.35. The van der Waals surface area contributed by atoms with E-state index in [1.54, 1.807) is 51.2 Å². The number of rotatable bonds is 3. The number of fused-ring (bicyclic) bond motifs is 3. The quantitative estimate of drug-likeness (QED) is 0.491. The maximum absolute atomic E-state index is 14.0. The molecule has 1 atom stereocenters. The molecule has 1 N–H and O–H groups in total. The molecular formula is C24H23FN2O4. The number of halogens is 1. The van der Waals surface area contributed by atoms with Crippen LogP contribution in [0.4, 0.5) is 9.18 Å². The van der Waals surface area contributed by atoms with Crippen LogP contribution in [0.1, 0.15) is 38.0 Å². The fourth-order valence-corrected chi connectivity index (χ4v) is 3.65. The Morgan fingerprint density at radius 3 is 2.45 bits per heavy atom. The summed E-state index contributed by atoms with van der Waals surface area (Å²) in [6.07, 6.45) is 1.47. The fraction of sp³-hybridized carbons (Fsp3) is 0.250. The molecule has 6 nitrogen and oxygen atoms in total. The zero-order chi connectivity index (χ0) is 22.3. The predicted octanol–water partition coefficient (Wildman–Crippen LogP) is 5.20. The van der Waals surface area contributed by atoms with E-state index in [0.29, 0.717) is 33.3 Å². The lowest BCUT2D eigenvalue weighted by Crippen LogP contribution is -2.27. The van der Waals surface area contributed by atoms with Gasteiger partial charge in [0.25, 0.3) is 0 Å². The number of ether oxygens (including phenoxy) is 2. The van der Waals surface area contributed by atoms with Crippen LogP contribution in [0.3, 0.4) is 0 Å². The normalized spacial score (nSPS) is 12.8. The minimum Gasteiger partial charge on any atom is -0.495 e. The Hall–Kier alpha value is -3.45. The molecule has 0 saturated carbocycles. The molecule has 1 unspecified atom stereocenters. The van der Waals surface area contributed by atoms with Gasteiger partial charge in [-0.1, -0.05) is 12.1 Å². The molecule has 0 bridgehead atoms. The molecule has 0 aliphatic heterocycles. The molecule has 0 aliphatic carbocycles. The Morgan fingerprint density at radius 2 is 1.77 bits per heavy atom. The molecule has 0 spiro atoms. The number of hydrogen-bond acceptors (Lipinski definition) is 5. The first-order valence-electron chi connectivity index (χ1n) is 9.82. The molecule has 31 heavy (non-hydrogen) atoms. The smallest absolute Gasteiger partial charge is 0.419 e. The summed E-state index contributed by atoms with van der Waals surface area (Å²) in [4.78, 5) is 17.1. The lowest BCUT2D eigenvalue weighted by atomic mass is 10.0. The van der Waals surface area contributed by atoms with E-state index in [2.05, 4.69) is 4.98 Å². The van der Waals surface area contributed by atoms with Crippen LogP contribution in [-0.2, 0) is 4.74 Å². The first-order chi connectivity index (χ1) is 14.7. The van der Waals surface area contributed by atoms with Gasteiger partial charge in [-0.05, 0) is 56.7 Å². The Kier molecular flexibility index (Phi) is 5.15. The number of aliphatic hydroxyl groups is 1. The van der Waals surface area contributed by atoms with Crippen molar-refractivity contribution in [3.63, 3.8) is 0 Å². The second-order valence-electron chi connectivity index (χ2n) is 8.27. The molecule has 0 amide bonds. The van der Waals surface area contributed by atoms with Crippen molar-refractivity contribution in [2.24, 2.45) is 0 Å². The first-order valence-corrected chi connectivity index (χ1v) is 9.82. The van der Waals surface area contributed by atoms with Gasteiger partial charge in [-0.2, -0.15) is 0 Å². The SMILES string of the molecule is COc1cnccc1C(O)c1ccc2c3ccc(F)cc3n(C(=O)OC(C)(C)C)c2c1. The second-order valence-corrected chi connectivity index (χ2v) is 8.27. The molecule has 2 aromatic carbocycles. The van der Waals surface area contributed by atoms with Crippen LogP contribution in [0.15, 0.2) is 54.9 Å². The number of pyridine rings is 1. The standard InChI is InChI=1S/C24H23FN2O4/c1-24(2,3)31-23(29)27-19-11-14(22(28)18-9-10-26-13-21(18)30-4)5-7-16(19)17-8-6-15(25)12-20(17)27/h5-13,22,28H,1-4H3. The summed E-state index contributed by atoms with van der Waals surface area (Å²) in [5.74, 6) is -0.00764. The van der Waals surface area contributed by atoms with Gasteiger partial charge in [0.15, 0.2) is 0 Å². The molecular weight excluding hydrogens is 399 g/mol. The average molecular weight is 422 g/mol. The number of carbonyl (C=O) groups is 1. The van der Waals surface area contributed by atoms with Crippen LogP contribution in [0.2, 0.25) is 0 Å². The molecule has 2 heterocycles. The zero-order valence-electron chi connectivity index (χ0n) is 17.7. The van der Waals surface area contributed by atoms with Crippen molar-refractivity contribution in [3.05, 3.63) is 71.8 Å². The third kappa shape index (κ3) is 3.84. The van der Waals surface area contributed by atoms with E-state index >= 15 is 0 Å². The fourth-order valence-electron chi connectivity index (χ4n) is 3.65. The summed E-state index contributed by atoms with van der Waals surface area (Å²) >= 11 is 0. The molecule has 4 aromatic rings. The number of methoxy groups -OCH3 is 1.